The molecule has 0 atom stereocenters. The van der Waals surface area contributed by atoms with E-state index in [0.29, 0.717) is 12.5 Å². The summed E-state index contributed by atoms with van der Waals surface area (Å²) in [6.07, 6.45) is 2.41. The van der Waals surface area contributed by atoms with Gasteiger partial charge in [-0.15, -0.1) is 0 Å². The van der Waals surface area contributed by atoms with E-state index in [0.717, 1.165) is 29.8 Å². The molecule has 0 bridgehead atoms. The summed E-state index contributed by atoms with van der Waals surface area (Å²) in [5, 5.41) is 6.30. The lowest BCUT2D eigenvalue weighted by atomic mass is 9.98. The standard InChI is InChI=1S/C15H22BrN3O/c1-19(10-12-6-8-17-9-7-12)11-15(20)18-14-5-3-2-4-13(14)16/h2-5,12,17H,6-11H2,1H3,(H,18,20). The van der Waals surface area contributed by atoms with E-state index in [1.54, 1.807) is 0 Å². The van der Waals surface area contributed by atoms with Crippen molar-refractivity contribution in [3.8, 4) is 0 Å². The topological polar surface area (TPSA) is 44.4 Å². The number of hydrogen-bond donors (Lipinski definition) is 2. The largest absolute Gasteiger partial charge is 0.324 e. The number of hydrogen-bond acceptors (Lipinski definition) is 3. The van der Waals surface area contributed by atoms with Crippen LogP contribution in [0.1, 0.15) is 12.8 Å². The molecule has 0 aliphatic carbocycles. The van der Waals surface area contributed by atoms with Crippen LogP contribution in [0.2, 0.25) is 0 Å². The maximum atomic E-state index is 12.0. The van der Waals surface area contributed by atoms with Gasteiger partial charge >= 0.3 is 0 Å². The number of anilines is 1. The van der Waals surface area contributed by atoms with Gasteiger partial charge in [-0.25, -0.2) is 0 Å². The zero-order valence-electron chi connectivity index (χ0n) is 11.9. The first-order valence-corrected chi connectivity index (χ1v) is 7.88. The van der Waals surface area contributed by atoms with Gasteiger partial charge in [0.1, 0.15) is 0 Å². The Morgan fingerprint density at radius 2 is 2.10 bits per heavy atom. The predicted molar refractivity (Wildman–Crippen MR) is 85.9 cm³/mol. The van der Waals surface area contributed by atoms with Crippen molar-refractivity contribution in [1.29, 1.82) is 0 Å². The normalized spacial score (nSPS) is 16.4. The summed E-state index contributed by atoms with van der Waals surface area (Å²) < 4.78 is 0.911. The van der Waals surface area contributed by atoms with E-state index in [2.05, 4.69) is 31.5 Å². The van der Waals surface area contributed by atoms with Crippen molar-refractivity contribution in [1.82, 2.24) is 10.2 Å². The Kier molecular flexibility index (Phi) is 6.01. The number of carbonyl (C=O) groups excluding carboxylic acids is 1. The number of carbonyl (C=O) groups is 1. The highest BCUT2D eigenvalue weighted by molar-refractivity contribution is 9.10. The summed E-state index contributed by atoms with van der Waals surface area (Å²) in [4.78, 5) is 14.1. The van der Waals surface area contributed by atoms with E-state index in [1.165, 1.54) is 12.8 Å². The maximum absolute atomic E-state index is 12.0. The highest BCUT2D eigenvalue weighted by Crippen LogP contribution is 2.21. The Balaban J connectivity index is 1.77. The molecule has 0 aromatic heterocycles. The van der Waals surface area contributed by atoms with Gasteiger partial charge in [-0.3, -0.25) is 9.69 Å². The number of rotatable bonds is 5. The second-order valence-electron chi connectivity index (χ2n) is 5.42. The fraction of sp³-hybridized carbons (Fsp3) is 0.533. The van der Waals surface area contributed by atoms with Crippen molar-refractivity contribution in [3.63, 3.8) is 0 Å². The molecule has 2 rings (SSSR count). The van der Waals surface area contributed by atoms with Crippen molar-refractivity contribution in [3.05, 3.63) is 28.7 Å². The number of piperidine rings is 1. The van der Waals surface area contributed by atoms with Gasteiger partial charge < -0.3 is 10.6 Å². The van der Waals surface area contributed by atoms with Crippen molar-refractivity contribution in [2.45, 2.75) is 12.8 Å². The quantitative estimate of drug-likeness (QED) is 0.865. The molecule has 0 unspecified atom stereocenters. The Morgan fingerprint density at radius 3 is 2.80 bits per heavy atom. The number of likely N-dealkylation sites (N-methyl/N-ethyl adjacent to an activating group) is 1. The van der Waals surface area contributed by atoms with Gasteiger partial charge in [0.2, 0.25) is 5.91 Å². The maximum Gasteiger partial charge on any atom is 0.238 e. The van der Waals surface area contributed by atoms with Gasteiger partial charge in [0.05, 0.1) is 12.2 Å². The van der Waals surface area contributed by atoms with E-state index >= 15 is 0 Å². The third kappa shape index (κ3) is 4.89. The number of nitrogens with one attached hydrogen (secondary N) is 2. The molecule has 1 saturated heterocycles. The lowest BCUT2D eigenvalue weighted by Gasteiger charge is -2.27. The van der Waals surface area contributed by atoms with E-state index in [1.807, 2.05) is 31.3 Å². The van der Waals surface area contributed by atoms with E-state index < -0.39 is 0 Å². The smallest absolute Gasteiger partial charge is 0.238 e. The van der Waals surface area contributed by atoms with Crippen molar-refractivity contribution in [2.24, 2.45) is 5.92 Å². The minimum absolute atomic E-state index is 0.0355. The fourth-order valence-corrected chi connectivity index (χ4v) is 2.95. The Bertz CT molecular complexity index is 446. The lowest BCUT2D eigenvalue weighted by Crippen LogP contribution is -2.37. The van der Waals surface area contributed by atoms with Gasteiger partial charge in [0.15, 0.2) is 0 Å². The second kappa shape index (κ2) is 7.76. The number of benzene rings is 1. The van der Waals surface area contributed by atoms with Crippen LogP contribution in [-0.2, 0) is 4.79 Å². The minimum Gasteiger partial charge on any atom is -0.324 e. The summed E-state index contributed by atoms with van der Waals surface area (Å²) >= 11 is 3.44. The van der Waals surface area contributed by atoms with Gasteiger partial charge in [-0.2, -0.15) is 0 Å². The molecule has 110 valence electrons. The molecule has 0 spiro atoms. The summed E-state index contributed by atoms with van der Waals surface area (Å²) in [5.41, 5.74) is 0.827. The van der Waals surface area contributed by atoms with E-state index in [9.17, 15) is 4.79 Å². The first-order chi connectivity index (χ1) is 9.65. The molecule has 0 radical (unpaired) electrons. The van der Waals surface area contributed by atoms with Gasteiger partial charge in [-0.05, 0) is 67.0 Å². The highest BCUT2D eigenvalue weighted by Gasteiger charge is 2.16. The SMILES string of the molecule is CN(CC(=O)Nc1ccccc1Br)CC1CCNCC1. The molecule has 1 fully saturated rings. The molecule has 20 heavy (non-hydrogen) atoms. The average Bonchev–Trinajstić information content (AvgIpc) is 2.42. The highest BCUT2D eigenvalue weighted by atomic mass is 79.9. The molecule has 4 nitrogen and oxygen atoms in total. The molecule has 1 aliphatic heterocycles. The van der Waals surface area contributed by atoms with Crippen LogP contribution >= 0.6 is 15.9 Å². The molecule has 1 heterocycles. The van der Waals surface area contributed by atoms with Crippen LogP contribution < -0.4 is 10.6 Å². The number of amides is 1. The number of nitrogens with zero attached hydrogens (tertiary/aromatic N) is 1. The summed E-state index contributed by atoms with van der Waals surface area (Å²) in [6, 6.07) is 7.67. The first kappa shape index (κ1) is 15.5. The van der Waals surface area contributed by atoms with Gasteiger partial charge in [-0.1, -0.05) is 12.1 Å². The second-order valence-corrected chi connectivity index (χ2v) is 6.27. The van der Waals surface area contributed by atoms with Crippen molar-refractivity contribution >= 4 is 27.5 Å². The Hall–Kier alpha value is -0.910. The van der Waals surface area contributed by atoms with Crippen LogP contribution in [0.25, 0.3) is 0 Å². The van der Waals surface area contributed by atoms with Crippen molar-refractivity contribution < 1.29 is 4.79 Å². The summed E-state index contributed by atoms with van der Waals surface area (Å²) in [6.45, 7) is 3.62. The molecule has 1 aromatic rings. The molecule has 0 saturated carbocycles. The molecule has 1 amide bonds. The Labute approximate surface area is 129 Å². The van der Waals surface area contributed by atoms with Crippen LogP contribution in [0.4, 0.5) is 5.69 Å². The molecular weight excluding hydrogens is 318 g/mol. The Morgan fingerprint density at radius 1 is 1.40 bits per heavy atom. The predicted octanol–water partition coefficient (Wildman–Crippen LogP) is 2.32. The molecule has 5 heteroatoms. The third-order valence-corrected chi connectivity index (χ3v) is 4.28. The minimum atomic E-state index is 0.0355. The van der Waals surface area contributed by atoms with Crippen LogP contribution in [-0.4, -0.2) is 44.0 Å². The number of para-hydroxylation sites is 1. The summed E-state index contributed by atoms with van der Waals surface area (Å²) in [7, 11) is 2.02. The molecule has 2 N–H and O–H groups in total. The van der Waals surface area contributed by atoms with Gasteiger partial charge in [0.25, 0.3) is 0 Å². The molecule has 1 aliphatic rings. The van der Waals surface area contributed by atoms with E-state index in [4.69, 9.17) is 0 Å². The average molecular weight is 340 g/mol. The zero-order valence-corrected chi connectivity index (χ0v) is 13.4. The van der Waals surface area contributed by atoms with Crippen molar-refractivity contribution in [2.75, 3.05) is 38.5 Å². The van der Waals surface area contributed by atoms with Crippen LogP contribution in [0.5, 0.6) is 0 Å². The molecular formula is C15H22BrN3O. The van der Waals surface area contributed by atoms with Gasteiger partial charge in [0, 0.05) is 11.0 Å². The summed E-state index contributed by atoms with van der Waals surface area (Å²) in [5.74, 6) is 0.742. The zero-order chi connectivity index (χ0) is 14.4. The fourth-order valence-electron chi connectivity index (χ4n) is 2.57. The third-order valence-electron chi connectivity index (χ3n) is 3.59. The monoisotopic (exact) mass is 339 g/mol. The van der Waals surface area contributed by atoms with Crippen LogP contribution in [0.15, 0.2) is 28.7 Å². The first-order valence-electron chi connectivity index (χ1n) is 7.09. The number of halogens is 1. The molecule has 1 aromatic carbocycles. The van der Waals surface area contributed by atoms with Crippen LogP contribution in [0, 0.1) is 5.92 Å². The lowest BCUT2D eigenvalue weighted by molar-refractivity contribution is -0.117. The van der Waals surface area contributed by atoms with Crippen LogP contribution in [0.3, 0.4) is 0 Å². The van der Waals surface area contributed by atoms with E-state index in [-0.39, 0.29) is 5.91 Å².